The SMILES string of the molecule is COc1cc(C(=O)N2C=CS(=O)(=O)C=C2)ccc1Nc1ncc2c(n1)-n1ccc(C(=O)Nc3c(C)cccc3C)c1CC2. The fourth-order valence-electron chi connectivity index (χ4n) is 5.14. The number of anilines is 3. The van der Waals surface area contributed by atoms with Crippen molar-refractivity contribution in [2.75, 3.05) is 17.7 Å². The van der Waals surface area contributed by atoms with Crippen LogP contribution in [0.25, 0.3) is 5.82 Å². The van der Waals surface area contributed by atoms with Crippen LogP contribution in [0.1, 0.15) is 43.1 Å². The number of methoxy groups -OCH3 is 1. The van der Waals surface area contributed by atoms with Crippen LogP contribution >= 0.6 is 0 Å². The molecule has 4 heterocycles. The quantitative estimate of drug-likeness (QED) is 0.324. The summed E-state index contributed by atoms with van der Waals surface area (Å²) in [6, 6.07) is 12.5. The number of benzene rings is 2. The maximum Gasteiger partial charge on any atom is 0.262 e. The Balaban J connectivity index is 1.24. The summed E-state index contributed by atoms with van der Waals surface area (Å²) in [5.74, 6) is 0.769. The summed E-state index contributed by atoms with van der Waals surface area (Å²) in [4.78, 5) is 36.6. The Labute approximate surface area is 248 Å². The number of aromatic nitrogens is 3. The first-order chi connectivity index (χ1) is 20.6. The van der Waals surface area contributed by atoms with Gasteiger partial charge in [-0.2, -0.15) is 4.98 Å². The molecule has 0 saturated heterocycles. The van der Waals surface area contributed by atoms with Crippen molar-refractivity contribution in [1.82, 2.24) is 19.4 Å². The maximum absolute atomic E-state index is 13.3. The maximum atomic E-state index is 13.3. The molecule has 12 heteroatoms. The molecule has 2 aliphatic heterocycles. The lowest BCUT2D eigenvalue weighted by molar-refractivity contribution is 0.0869. The van der Waals surface area contributed by atoms with Crippen LogP contribution in [0.4, 0.5) is 17.3 Å². The van der Waals surface area contributed by atoms with Gasteiger partial charge >= 0.3 is 0 Å². The highest BCUT2D eigenvalue weighted by Gasteiger charge is 2.25. The first kappa shape index (κ1) is 27.9. The van der Waals surface area contributed by atoms with Gasteiger partial charge in [0.25, 0.3) is 11.8 Å². The first-order valence-electron chi connectivity index (χ1n) is 13.5. The van der Waals surface area contributed by atoms with Crippen molar-refractivity contribution in [3.8, 4) is 11.6 Å². The third-order valence-corrected chi connectivity index (χ3v) is 8.41. The Morgan fingerprint density at radius 1 is 1.00 bits per heavy atom. The van der Waals surface area contributed by atoms with Gasteiger partial charge in [-0.15, -0.1) is 0 Å². The Hall–Kier alpha value is -5.23. The largest absolute Gasteiger partial charge is 0.495 e. The minimum Gasteiger partial charge on any atom is -0.495 e. The molecule has 0 bridgehead atoms. The van der Waals surface area contributed by atoms with Crippen LogP contribution in [0, 0.1) is 13.8 Å². The van der Waals surface area contributed by atoms with E-state index in [1.54, 1.807) is 24.4 Å². The van der Waals surface area contributed by atoms with Gasteiger partial charge in [-0.25, -0.2) is 13.4 Å². The van der Waals surface area contributed by atoms with Gasteiger partial charge < -0.3 is 19.9 Å². The number of sulfone groups is 1. The lowest BCUT2D eigenvalue weighted by Gasteiger charge is -2.21. The van der Waals surface area contributed by atoms with Crippen molar-refractivity contribution in [2.45, 2.75) is 26.7 Å². The van der Waals surface area contributed by atoms with Crippen LogP contribution in [0.5, 0.6) is 5.75 Å². The number of nitrogens with one attached hydrogen (secondary N) is 2. The summed E-state index contributed by atoms with van der Waals surface area (Å²) < 4.78 is 30.6. The second-order valence-corrected chi connectivity index (χ2v) is 11.9. The van der Waals surface area contributed by atoms with Crippen molar-refractivity contribution < 1.29 is 22.7 Å². The molecule has 2 amide bonds. The molecule has 0 aliphatic carbocycles. The van der Waals surface area contributed by atoms with E-state index in [2.05, 4.69) is 15.6 Å². The smallest absolute Gasteiger partial charge is 0.262 e. The second-order valence-electron chi connectivity index (χ2n) is 10.2. The number of aryl methyl sites for hydroxylation is 3. The molecule has 11 nitrogen and oxygen atoms in total. The number of amides is 2. The van der Waals surface area contributed by atoms with E-state index in [-0.39, 0.29) is 5.91 Å². The molecule has 0 atom stereocenters. The monoisotopic (exact) mass is 596 g/mol. The Morgan fingerprint density at radius 2 is 1.74 bits per heavy atom. The average molecular weight is 597 g/mol. The number of para-hydroxylation sites is 1. The second kappa shape index (κ2) is 10.9. The van der Waals surface area contributed by atoms with Gasteiger partial charge in [0, 0.05) is 47.3 Å². The van der Waals surface area contributed by atoms with Gasteiger partial charge in [-0.05, 0) is 62.1 Å². The number of ether oxygens (including phenoxy) is 1. The number of hydrogen-bond acceptors (Lipinski definition) is 8. The lowest BCUT2D eigenvalue weighted by atomic mass is 10.0. The van der Waals surface area contributed by atoms with Crippen LogP contribution in [0.2, 0.25) is 0 Å². The van der Waals surface area contributed by atoms with E-state index in [9.17, 15) is 18.0 Å². The van der Waals surface area contributed by atoms with Gasteiger partial charge in [-0.3, -0.25) is 14.5 Å². The fourth-order valence-corrected chi connectivity index (χ4v) is 5.83. The van der Waals surface area contributed by atoms with Gasteiger partial charge in [0.1, 0.15) is 11.6 Å². The molecular formula is C31H28N6O5S. The van der Waals surface area contributed by atoms with E-state index in [4.69, 9.17) is 9.72 Å². The summed E-state index contributed by atoms with van der Waals surface area (Å²) in [6.45, 7) is 3.94. The molecule has 0 saturated carbocycles. The van der Waals surface area contributed by atoms with E-state index in [1.165, 1.54) is 24.4 Å². The zero-order valence-electron chi connectivity index (χ0n) is 23.7. The van der Waals surface area contributed by atoms with E-state index >= 15 is 0 Å². The van der Waals surface area contributed by atoms with Gasteiger partial charge in [0.15, 0.2) is 9.84 Å². The standard InChI is InChI=1S/C31H28N6O5S/c1-19-5-4-6-20(2)27(19)34-29(38)23-11-12-37-25(23)10-8-22-18-32-31(35-28(22)37)33-24-9-7-21(17-26(24)42-3)30(39)36-13-15-43(40,41)16-14-36/h4-7,9,11-18H,8,10H2,1-3H3,(H,34,38)(H,32,33,35). The predicted molar refractivity (Wildman–Crippen MR) is 162 cm³/mol. The van der Waals surface area contributed by atoms with Crippen molar-refractivity contribution >= 4 is 39.0 Å². The van der Waals surface area contributed by atoms with E-state index in [0.717, 1.165) is 38.9 Å². The molecule has 4 aromatic rings. The van der Waals surface area contributed by atoms with E-state index < -0.39 is 15.7 Å². The third kappa shape index (κ3) is 5.40. The Bertz CT molecular complexity index is 1920. The Kier molecular flexibility index (Phi) is 7.06. The molecule has 0 radical (unpaired) electrons. The summed E-state index contributed by atoms with van der Waals surface area (Å²) in [6.07, 6.45) is 7.36. The van der Waals surface area contributed by atoms with Crippen LogP contribution in [0.15, 0.2) is 78.1 Å². The number of hydrogen-bond donors (Lipinski definition) is 2. The molecule has 43 heavy (non-hydrogen) atoms. The van der Waals surface area contributed by atoms with E-state index in [1.807, 2.05) is 48.9 Å². The van der Waals surface area contributed by atoms with Crippen molar-refractivity contribution in [1.29, 1.82) is 0 Å². The van der Waals surface area contributed by atoms with Crippen molar-refractivity contribution in [2.24, 2.45) is 0 Å². The van der Waals surface area contributed by atoms with E-state index in [0.29, 0.717) is 47.2 Å². The number of carbonyl (C=O) groups is 2. The molecule has 0 spiro atoms. The molecule has 6 rings (SSSR count). The summed E-state index contributed by atoms with van der Waals surface area (Å²) >= 11 is 0. The first-order valence-corrected chi connectivity index (χ1v) is 15.1. The molecule has 2 aromatic heterocycles. The van der Waals surface area contributed by atoms with Crippen LogP contribution in [0.3, 0.4) is 0 Å². The minimum atomic E-state index is -3.46. The fraction of sp³-hybridized carbons (Fsp3) is 0.161. The normalized spacial score (nSPS) is 14.5. The number of carbonyl (C=O) groups excluding carboxylic acids is 2. The Morgan fingerprint density at radius 3 is 2.47 bits per heavy atom. The van der Waals surface area contributed by atoms with Crippen LogP contribution in [-0.2, 0) is 22.7 Å². The molecule has 218 valence electrons. The average Bonchev–Trinajstić information content (AvgIpc) is 3.44. The highest BCUT2D eigenvalue weighted by atomic mass is 32.2. The number of nitrogens with zero attached hydrogens (tertiary/aromatic N) is 4. The van der Waals surface area contributed by atoms with Crippen molar-refractivity contribution in [3.63, 3.8) is 0 Å². The predicted octanol–water partition coefficient (Wildman–Crippen LogP) is 4.80. The number of fused-ring (bicyclic) bond motifs is 3. The summed E-state index contributed by atoms with van der Waals surface area (Å²) in [5.41, 5.74) is 6.06. The highest BCUT2D eigenvalue weighted by Crippen LogP contribution is 2.31. The minimum absolute atomic E-state index is 0.168. The van der Waals surface area contributed by atoms with Crippen molar-refractivity contribution in [3.05, 3.63) is 112 Å². The highest BCUT2D eigenvalue weighted by molar-refractivity contribution is 7.97. The lowest BCUT2D eigenvalue weighted by Crippen LogP contribution is -2.22. The topological polar surface area (TPSA) is 136 Å². The summed E-state index contributed by atoms with van der Waals surface area (Å²) in [7, 11) is -1.98. The van der Waals surface area contributed by atoms with Gasteiger partial charge in [-0.1, -0.05) is 18.2 Å². The number of rotatable bonds is 6. The molecule has 0 fully saturated rings. The molecular weight excluding hydrogens is 568 g/mol. The molecule has 2 aromatic carbocycles. The molecule has 0 unspecified atom stereocenters. The zero-order chi connectivity index (χ0) is 30.3. The van der Waals surface area contributed by atoms with Gasteiger partial charge in [0.2, 0.25) is 5.95 Å². The zero-order valence-corrected chi connectivity index (χ0v) is 24.5. The summed E-state index contributed by atoms with van der Waals surface area (Å²) in [5, 5.41) is 8.16. The van der Waals surface area contributed by atoms with Gasteiger partial charge in [0.05, 0.1) is 29.2 Å². The van der Waals surface area contributed by atoms with Crippen LogP contribution < -0.4 is 15.4 Å². The van der Waals surface area contributed by atoms with Crippen LogP contribution in [-0.4, -0.2) is 46.8 Å². The third-order valence-electron chi connectivity index (χ3n) is 7.41. The molecule has 2 aliphatic rings. The molecule has 2 N–H and O–H groups in total.